The van der Waals surface area contributed by atoms with Crippen LogP contribution >= 0.6 is 0 Å². The molecule has 0 spiro atoms. The van der Waals surface area contributed by atoms with Crippen LogP contribution in [-0.4, -0.2) is 37.0 Å². The minimum atomic E-state index is 0.254. The Hall–Kier alpha value is -3.55. The number of anilines is 2. The molecular formula is C19H19N7O. The smallest absolute Gasteiger partial charge is 0.212 e. The van der Waals surface area contributed by atoms with Crippen LogP contribution in [0, 0.1) is 0 Å². The van der Waals surface area contributed by atoms with E-state index in [4.69, 9.17) is 9.72 Å². The van der Waals surface area contributed by atoms with Gasteiger partial charge < -0.3 is 15.0 Å². The number of fused-ring (bicyclic) bond motifs is 1. The van der Waals surface area contributed by atoms with E-state index >= 15 is 0 Å². The number of aromatic amines is 1. The lowest BCUT2D eigenvalue weighted by Gasteiger charge is -2.10. The van der Waals surface area contributed by atoms with Gasteiger partial charge in [0.05, 0.1) is 24.6 Å². The second kappa shape index (κ2) is 6.99. The molecule has 0 fully saturated rings. The Bertz CT molecular complexity index is 1070. The third kappa shape index (κ3) is 3.41. The van der Waals surface area contributed by atoms with Crippen molar-refractivity contribution in [1.82, 2.24) is 29.9 Å². The van der Waals surface area contributed by atoms with Crippen molar-refractivity contribution in [3.8, 4) is 17.3 Å². The summed E-state index contributed by atoms with van der Waals surface area (Å²) in [7, 11) is 1.58. The maximum Gasteiger partial charge on any atom is 0.212 e. The topological polar surface area (TPSA) is 102 Å². The molecule has 0 bridgehead atoms. The van der Waals surface area contributed by atoms with Gasteiger partial charge in [-0.25, -0.2) is 24.9 Å². The molecule has 0 aliphatic rings. The van der Waals surface area contributed by atoms with E-state index in [-0.39, 0.29) is 5.92 Å². The molecule has 0 aromatic carbocycles. The van der Waals surface area contributed by atoms with E-state index in [1.54, 1.807) is 38.0 Å². The largest absolute Gasteiger partial charge is 0.481 e. The third-order valence-electron chi connectivity index (χ3n) is 4.10. The van der Waals surface area contributed by atoms with Gasteiger partial charge in [-0.2, -0.15) is 0 Å². The molecule has 8 nitrogen and oxygen atoms in total. The number of hydrogen-bond donors (Lipinski definition) is 2. The molecule has 27 heavy (non-hydrogen) atoms. The Balaban J connectivity index is 1.66. The second-order valence-electron chi connectivity index (χ2n) is 6.33. The lowest BCUT2D eigenvalue weighted by Crippen LogP contribution is -2.02. The Kier molecular flexibility index (Phi) is 4.37. The van der Waals surface area contributed by atoms with Gasteiger partial charge in [0, 0.05) is 30.1 Å². The van der Waals surface area contributed by atoms with E-state index in [0.717, 1.165) is 22.3 Å². The summed E-state index contributed by atoms with van der Waals surface area (Å²) < 4.78 is 5.09. The monoisotopic (exact) mass is 361 g/mol. The van der Waals surface area contributed by atoms with Gasteiger partial charge in [-0.1, -0.05) is 13.8 Å². The zero-order chi connectivity index (χ0) is 18.8. The third-order valence-corrected chi connectivity index (χ3v) is 4.10. The van der Waals surface area contributed by atoms with Crippen molar-refractivity contribution in [2.45, 2.75) is 19.8 Å². The lowest BCUT2D eigenvalue weighted by molar-refractivity contribution is 0.398. The van der Waals surface area contributed by atoms with Crippen molar-refractivity contribution >= 4 is 22.7 Å². The van der Waals surface area contributed by atoms with Crippen LogP contribution in [0.25, 0.3) is 22.4 Å². The first kappa shape index (κ1) is 16.9. The number of aromatic nitrogens is 6. The van der Waals surface area contributed by atoms with Crippen LogP contribution < -0.4 is 10.1 Å². The summed E-state index contributed by atoms with van der Waals surface area (Å²) in [6.07, 6.45) is 5.07. The molecule has 0 atom stereocenters. The molecule has 0 saturated heterocycles. The highest BCUT2D eigenvalue weighted by atomic mass is 16.5. The summed E-state index contributed by atoms with van der Waals surface area (Å²) in [4.78, 5) is 25.3. The van der Waals surface area contributed by atoms with Crippen molar-refractivity contribution < 1.29 is 4.74 Å². The van der Waals surface area contributed by atoms with Gasteiger partial charge in [0.2, 0.25) is 5.88 Å². The summed E-state index contributed by atoms with van der Waals surface area (Å²) >= 11 is 0. The lowest BCUT2D eigenvalue weighted by atomic mass is 10.1. The van der Waals surface area contributed by atoms with Crippen LogP contribution in [0.3, 0.4) is 0 Å². The molecule has 136 valence electrons. The fraction of sp³-hybridized carbons (Fsp3) is 0.211. The van der Waals surface area contributed by atoms with Crippen LogP contribution in [-0.2, 0) is 0 Å². The maximum absolute atomic E-state index is 5.09. The van der Waals surface area contributed by atoms with E-state index in [1.165, 1.54) is 0 Å². The van der Waals surface area contributed by atoms with Crippen molar-refractivity contribution in [3.63, 3.8) is 0 Å². The zero-order valence-electron chi connectivity index (χ0n) is 15.3. The van der Waals surface area contributed by atoms with E-state index in [9.17, 15) is 0 Å². The molecule has 0 unspecified atom stereocenters. The van der Waals surface area contributed by atoms with Crippen LogP contribution in [0.5, 0.6) is 5.88 Å². The van der Waals surface area contributed by atoms with Gasteiger partial charge in [0.25, 0.3) is 0 Å². The first-order valence-electron chi connectivity index (χ1n) is 8.58. The molecule has 4 rings (SSSR count). The Morgan fingerprint density at radius 1 is 1.04 bits per heavy atom. The quantitative estimate of drug-likeness (QED) is 0.559. The number of imidazole rings is 1. The predicted octanol–water partition coefficient (Wildman–Crippen LogP) is 3.69. The molecular weight excluding hydrogens is 342 g/mol. The number of H-pyrrole nitrogens is 1. The molecule has 8 heteroatoms. The maximum atomic E-state index is 5.09. The number of methoxy groups -OCH3 is 1. The summed E-state index contributed by atoms with van der Waals surface area (Å²) in [5.41, 5.74) is 3.57. The van der Waals surface area contributed by atoms with Gasteiger partial charge in [0.1, 0.15) is 17.2 Å². The number of nitrogens with zero attached hydrogens (tertiary/aromatic N) is 5. The first-order valence-corrected chi connectivity index (χ1v) is 8.58. The second-order valence-corrected chi connectivity index (χ2v) is 6.33. The van der Waals surface area contributed by atoms with Crippen molar-refractivity contribution in [2.24, 2.45) is 0 Å². The minimum Gasteiger partial charge on any atom is -0.481 e. The Morgan fingerprint density at radius 3 is 2.67 bits per heavy atom. The number of nitrogens with one attached hydrogen (secondary N) is 2. The van der Waals surface area contributed by atoms with Crippen LogP contribution in [0.15, 0.2) is 43.0 Å². The highest BCUT2D eigenvalue weighted by Gasteiger charge is 2.12. The van der Waals surface area contributed by atoms with Gasteiger partial charge in [-0.3, -0.25) is 0 Å². The SMILES string of the molecule is COc1ccc(-c2nccc(Nc3cc4[nH]cnc4c(C(C)C)n3)n2)cn1. The minimum absolute atomic E-state index is 0.254. The average Bonchev–Trinajstić information content (AvgIpc) is 3.16. The molecule has 0 aliphatic carbocycles. The molecule has 4 heterocycles. The van der Waals surface area contributed by atoms with Crippen molar-refractivity contribution in [2.75, 3.05) is 12.4 Å². The molecule has 0 radical (unpaired) electrons. The molecule has 4 aromatic heterocycles. The van der Waals surface area contributed by atoms with Gasteiger partial charge in [0.15, 0.2) is 5.82 Å². The summed E-state index contributed by atoms with van der Waals surface area (Å²) in [6, 6.07) is 7.37. The number of pyridine rings is 2. The zero-order valence-corrected chi connectivity index (χ0v) is 15.3. The van der Waals surface area contributed by atoms with Gasteiger partial charge in [-0.15, -0.1) is 0 Å². The molecule has 4 aromatic rings. The Labute approximate surface area is 156 Å². The predicted molar refractivity (Wildman–Crippen MR) is 103 cm³/mol. The molecule has 0 aliphatic heterocycles. The van der Waals surface area contributed by atoms with Gasteiger partial charge in [-0.05, 0) is 18.1 Å². The molecule has 2 N–H and O–H groups in total. The van der Waals surface area contributed by atoms with E-state index in [2.05, 4.69) is 44.1 Å². The summed E-state index contributed by atoms with van der Waals surface area (Å²) in [5, 5.41) is 3.26. The number of hydrogen-bond acceptors (Lipinski definition) is 7. The van der Waals surface area contributed by atoms with E-state index < -0.39 is 0 Å². The fourth-order valence-electron chi connectivity index (χ4n) is 2.77. The number of rotatable bonds is 5. The highest BCUT2D eigenvalue weighted by Crippen LogP contribution is 2.25. The van der Waals surface area contributed by atoms with E-state index in [0.29, 0.717) is 23.3 Å². The summed E-state index contributed by atoms with van der Waals surface area (Å²) in [5.74, 6) is 2.72. The highest BCUT2D eigenvalue weighted by molar-refractivity contribution is 5.81. The van der Waals surface area contributed by atoms with Crippen LogP contribution in [0.1, 0.15) is 25.5 Å². The van der Waals surface area contributed by atoms with Crippen molar-refractivity contribution in [1.29, 1.82) is 0 Å². The first-order chi connectivity index (χ1) is 13.1. The average molecular weight is 361 g/mol. The number of ether oxygens (including phenoxy) is 1. The normalized spacial score (nSPS) is 11.1. The van der Waals surface area contributed by atoms with Crippen molar-refractivity contribution in [3.05, 3.63) is 48.7 Å². The van der Waals surface area contributed by atoms with E-state index in [1.807, 2.05) is 12.1 Å². The van der Waals surface area contributed by atoms with Crippen LogP contribution in [0.4, 0.5) is 11.6 Å². The molecule has 0 saturated carbocycles. The molecule has 0 amide bonds. The standard InChI is InChI=1S/C19H19N7O/c1-11(2)17-18-13(22-10-23-18)8-15(25-17)24-14-6-7-20-19(26-14)12-4-5-16(27-3)21-9-12/h4-11H,1-3H3,(H,22,23)(H,20,24,25,26). The van der Waals surface area contributed by atoms with Crippen LogP contribution in [0.2, 0.25) is 0 Å². The van der Waals surface area contributed by atoms with Gasteiger partial charge >= 0.3 is 0 Å². The fourth-order valence-corrected chi connectivity index (χ4v) is 2.77. The Morgan fingerprint density at radius 2 is 1.93 bits per heavy atom. The summed E-state index contributed by atoms with van der Waals surface area (Å²) in [6.45, 7) is 4.19.